The van der Waals surface area contributed by atoms with Crippen molar-refractivity contribution in [2.75, 3.05) is 63.3 Å². The second kappa shape index (κ2) is 33.6. The molecule has 7 N–H and O–H groups in total. The summed E-state index contributed by atoms with van der Waals surface area (Å²) in [5, 5.41) is 27.7. The number of methoxy groups -OCH3 is 4. The summed E-state index contributed by atoms with van der Waals surface area (Å²) in [6.45, 7) is 5.89. The SMILES string of the molecule is C.C.CCC[C@@H](CCO)Nc1nc(N)ncc1OCc1nccc(OC)c1OC.CCC[C@@H](CCO)Nc1nc(NC(C)=O)ncc1OCc1nccc(OC)c1OC.Cl.S.S. The van der Waals surface area contributed by atoms with Gasteiger partial charge in [0.15, 0.2) is 46.1 Å². The zero-order valence-electron chi connectivity index (χ0n) is 35.1. The Labute approximate surface area is 386 Å². The molecule has 62 heavy (non-hydrogen) atoms. The van der Waals surface area contributed by atoms with Crippen molar-refractivity contribution in [3.05, 3.63) is 48.3 Å². The van der Waals surface area contributed by atoms with E-state index in [1.54, 1.807) is 45.9 Å². The molecule has 4 aromatic rings. The Kier molecular flexibility index (Phi) is 33.3. The standard InChI is InChI=1S/C20H29N5O5.C18H27N5O4.2CH4.ClH.2H2S/c1-5-6-14(8-10-26)24-19-17(11-22-20(25-19)23-13(2)27)30-12-15-18(29-4)16(28-3)7-9-21-15;1-4-5-12(7-9-24)22-17-15(10-21-18(19)23-17)27-11-13-16(26-3)14(25-2)6-8-20-13;;;;;/h7,9,11,14,26H,5-6,8,10,12H2,1-4H3,(H2,22,23,24,25,27);6,8,10,12,24H,4-5,7,9,11H2,1-3H3,(H3,19,21,22,23);2*1H4;1H;2*1H2/t14-;12-;;;;;/m00...../s1. The third-order valence-electron chi connectivity index (χ3n) is 8.19. The highest BCUT2D eigenvalue weighted by Crippen LogP contribution is 2.33. The van der Waals surface area contributed by atoms with Crippen molar-refractivity contribution >= 4 is 68.8 Å². The number of hydrogen-bond donors (Lipinski definition) is 6. The quantitative estimate of drug-likeness (QED) is 0.0476. The summed E-state index contributed by atoms with van der Waals surface area (Å²) < 4.78 is 33.1. The summed E-state index contributed by atoms with van der Waals surface area (Å²) in [5.41, 5.74) is 6.86. The summed E-state index contributed by atoms with van der Waals surface area (Å²) >= 11 is 0. The van der Waals surface area contributed by atoms with Crippen LogP contribution in [0.25, 0.3) is 0 Å². The number of nitrogen functional groups attached to an aromatic ring is 1. The average Bonchev–Trinajstić information content (AvgIpc) is 3.20. The minimum atomic E-state index is -0.277. The van der Waals surface area contributed by atoms with Gasteiger partial charge in [-0.3, -0.25) is 20.1 Å². The zero-order valence-corrected chi connectivity index (χ0v) is 37.9. The van der Waals surface area contributed by atoms with E-state index in [-0.39, 0.29) is 111 Å². The lowest BCUT2D eigenvalue weighted by Crippen LogP contribution is -2.22. The van der Waals surface area contributed by atoms with Crippen LogP contribution >= 0.6 is 39.4 Å². The number of halogens is 1. The summed E-state index contributed by atoms with van der Waals surface area (Å²) in [4.78, 5) is 36.7. The molecule has 352 valence electrons. The monoisotopic (exact) mass is 932 g/mol. The zero-order chi connectivity index (χ0) is 41.6. The number of aromatic nitrogens is 6. The fourth-order valence-electron chi connectivity index (χ4n) is 5.56. The molecule has 0 saturated carbocycles. The molecule has 0 aromatic carbocycles. The van der Waals surface area contributed by atoms with Gasteiger partial charge in [-0.2, -0.15) is 37.0 Å². The largest absolute Gasteiger partial charge is 0.493 e. The molecule has 4 rings (SSSR count). The van der Waals surface area contributed by atoms with Gasteiger partial charge in [0.25, 0.3) is 0 Å². The molecular formula is C40H69ClN10O9S2. The number of rotatable bonds is 23. The third kappa shape index (κ3) is 19.4. The first-order valence-electron chi connectivity index (χ1n) is 18.5. The molecule has 0 aliphatic heterocycles. The highest BCUT2D eigenvalue weighted by atomic mass is 35.5. The van der Waals surface area contributed by atoms with Crippen molar-refractivity contribution in [1.82, 2.24) is 29.9 Å². The van der Waals surface area contributed by atoms with Crippen molar-refractivity contribution in [3.8, 4) is 34.5 Å². The van der Waals surface area contributed by atoms with Crippen LogP contribution in [-0.4, -0.2) is 99.8 Å². The lowest BCUT2D eigenvalue weighted by Gasteiger charge is -2.20. The van der Waals surface area contributed by atoms with Crippen LogP contribution in [0.5, 0.6) is 34.5 Å². The molecule has 2 atom stereocenters. The van der Waals surface area contributed by atoms with E-state index in [2.05, 4.69) is 59.7 Å². The van der Waals surface area contributed by atoms with E-state index in [1.165, 1.54) is 26.4 Å². The topological polar surface area (TPSA) is 252 Å². The van der Waals surface area contributed by atoms with E-state index in [9.17, 15) is 15.0 Å². The van der Waals surface area contributed by atoms with Crippen LogP contribution in [0, 0.1) is 0 Å². The Morgan fingerprint density at radius 3 is 1.50 bits per heavy atom. The maximum atomic E-state index is 11.4. The highest BCUT2D eigenvalue weighted by molar-refractivity contribution is 7.59. The van der Waals surface area contributed by atoms with Crippen LogP contribution < -0.4 is 50.1 Å². The normalized spacial score (nSPS) is 10.7. The van der Waals surface area contributed by atoms with Crippen LogP contribution in [0.2, 0.25) is 0 Å². The maximum Gasteiger partial charge on any atom is 0.231 e. The number of carbonyl (C=O) groups excluding carboxylic acids is 1. The van der Waals surface area contributed by atoms with Crippen molar-refractivity contribution < 1.29 is 43.4 Å². The lowest BCUT2D eigenvalue weighted by molar-refractivity contribution is -0.114. The van der Waals surface area contributed by atoms with E-state index < -0.39 is 0 Å². The van der Waals surface area contributed by atoms with Gasteiger partial charge in [0.05, 0.1) is 40.8 Å². The predicted molar refractivity (Wildman–Crippen MR) is 256 cm³/mol. The van der Waals surface area contributed by atoms with Crippen LogP contribution in [0.4, 0.5) is 23.5 Å². The van der Waals surface area contributed by atoms with E-state index in [1.807, 2.05) is 0 Å². The molecule has 4 aromatic heterocycles. The van der Waals surface area contributed by atoms with Gasteiger partial charge in [-0.25, -0.2) is 9.97 Å². The summed E-state index contributed by atoms with van der Waals surface area (Å²) in [7, 11) is 6.19. The summed E-state index contributed by atoms with van der Waals surface area (Å²) in [5.74, 6) is 3.86. The molecule has 22 heteroatoms. The number of ether oxygens (including phenoxy) is 6. The van der Waals surface area contributed by atoms with Crippen LogP contribution in [0.15, 0.2) is 36.9 Å². The van der Waals surface area contributed by atoms with Gasteiger partial charge in [-0.15, -0.1) is 12.4 Å². The minimum absolute atomic E-state index is 0. The highest BCUT2D eigenvalue weighted by Gasteiger charge is 2.19. The maximum absolute atomic E-state index is 11.4. The number of aliphatic hydroxyl groups excluding tert-OH is 2. The molecule has 0 radical (unpaired) electrons. The van der Waals surface area contributed by atoms with E-state index >= 15 is 0 Å². The molecule has 0 aliphatic carbocycles. The van der Waals surface area contributed by atoms with Gasteiger partial charge in [-0.05, 0) is 25.7 Å². The number of pyridine rings is 2. The number of nitrogens with two attached hydrogens (primary N) is 1. The smallest absolute Gasteiger partial charge is 0.231 e. The number of amides is 1. The van der Waals surface area contributed by atoms with Crippen molar-refractivity contribution in [3.63, 3.8) is 0 Å². The second-order valence-corrected chi connectivity index (χ2v) is 12.4. The molecule has 0 saturated heterocycles. The second-order valence-electron chi connectivity index (χ2n) is 12.4. The average molecular weight is 934 g/mol. The molecule has 4 heterocycles. The Morgan fingerprint density at radius 2 is 1.11 bits per heavy atom. The Hall–Kier alpha value is -4.96. The van der Waals surface area contributed by atoms with Crippen molar-refractivity contribution in [2.45, 2.75) is 99.4 Å². The predicted octanol–water partition coefficient (Wildman–Crippen LogP) is 6.32. The van der Waals surface area contributed by atoms with Gasteiger partial charge >= 0.3 is 0 Å². The molecule has 0 fully saturated rings. The van der Waals surface area contributed by atoms with Gasteiger partial charge in [-0.1, -0.05) is 41.5 Å². The van der Waals surface area contributed by atoms with Gasteiger partial charge < -0.3 is 55.0 Å². The fourth-order valence-corrected chi connectivity index (χ4v) is 5.56. The van der Waals surface area contributed by atoms with E-state index in [0.717, 1.165) is 25.7 Å². The number of hydrogen-bond acceptors (Lipinski definition) is 18. The van der Waals surface area contributed by atoms with E-state index in [4.69, 9.17) is 34.2 Å². The third-order valence-corrected chi connectivity index (χ3v) is 8.19. The minimum Gasteiger partial charge on any atom is -0.493 e. The van der Waals surface area contributed by atoms with Gasteiger partial charge in [0.2, 0.25) is 17.8 Å². The number of nitrogens with zero attached hydrogens (tertiary/aromatic N) is 6. The van der Waals surface area contributed by atoms with E-state index in [0.29, 0.717) is 70.4 Å². The Morgan fingerprint density at radius 1 is 0.677 bits per heavy atom. The molecule has 1 amide bonds. The van der Waals surface area contributed by atoms with Crippen LogP contribution in [-0.2, 0) is 18.0 Å². The molecule has 0 aliphatic rings. The van der Waals surface area contributed by atoms with Crippen molar-refractivity contribution in [2.24, 2.45) is 0 Å². The van der Waals surface area contributed by atoms with Crippen LogP contribution in [0.3, 0.4) is 0 Å². The first-order chi connectivity index (χ1) is 27.6. The molecule has 19 nitrogen and oxygen atoms in total. The van der Waals surface area contributed by atoms with Crippen LogP contribution in [0.1, 0.15) is 85.5 Å². The molecule has 0 spiro atoms. The first-order valence-corrected chi connectivity index (χ1v) is 18.5. The fraction of sp³-hybridized carbons (Fsp3) is 0.525. The lowest BCUT2D eigenvalue weighted by atomic mass is 10.1. The van der Waals surface area contributed by atoms with Gasteiger partial charge in [0.1, 0.15) is 24.6 Å². The summed E-state index contributed by atoms with van der Waals surface area (Å²) in [6, 6.07) is 3.46. The molecule has 0 bridgehead atoms. The number of anilines is 4. The van der Waals surface area contributed by atoms with Crippen molar-refractivity contribution in [1.29, 1.82) is 0 Å². The number of nitrogens with one attached hydrogen (secondary N) is 3. The summed E-state index contributed by atoms with van der Waals surface area (Å²) in [6.07, 6.45) is 11.0. The molecular weight excluding hydrogens is 864 g/mol. The number of aliphatic hydroxyl groups is 2. The van der Waals surface area contributed by atoms with Gasteiger partial charge in [0, 0.05) is 56.7 Å². The Bertz CT molecular complexity index is 1830. The first kappa shape index (κ1) is 61.3. The Balaban J connectivity index is -0.00000104. The molecule has 0 unspecified atom stereocenters. The number of carbonyl (C=O) groups is 1.